The second-order valence-corrected chi connectivity index (χ2v) is 4.76. The molecule has 1 aromatic carbocycles. The van der Waals surface area contributed by atoms with Crippen molar-refractivity contribution in [1.82, 2.24) is 0 Å². The molecule has 8 heteroatoms. The van der Waals surface area contributed by atoms with E-state index in [1.54, 1.807) is 6.07 Å². The largest absolute Gasteiger partial charge is 0.452 e. The van der Waals surface area contributed by atoms with Crippen LogP contribution in [0, 0.1) is 0 Å². The Labute approximate surface area is 110 Å². The first kappa shape index (κ1) is 13.7. The molecule has 0 radical (unpaired) electrons. The first-order valence-electron chi connectivity index (χ1n) is 5.16. The summed E-state index contributed by atoms with van der Waals surface area (Å²) in [5, 5.41) is 2.54. The summed E-state index contributed by atoms with van der Waals surface area (Å²) in [7, 11) is 0. The molecule has 1 heterocycles. The van der Waals surface area contributed by atoms with Crippen molar-refractivity contribution in [2.75, 3.05) is 17.7 Å². The van der Waals surface area contributed by atoms with E-state index in [2.05, 4.69) is 10.1 Å². The van der Waals surface area contributed by atoms with Gasteiger partial charge in [-0.25, -0.2) is 4.79 Å². The maximum atomic E-state index is 11.9. The van der Waals surface area contributed by atoms with Crippen LogP contribution in [-0.4, -0.2) is 30.4 Å². The summed E-state index contributed by atoms with van der Waals surface area (Å²) < 4.78 is 39.9. The van der Waals surface area contributed by atoms with E-state index >= 15 is 0 Å². The fourth-order valence-electron chi connectivity index (χ4n) is 1.44. The Bertz CT molecular complexity index is 530. The zero-order chi connectivity index (χ0) is 14.0. The van der Waals surface area contributed by atoms with Gasteiger partial charge < -0.3 is 10.1 Å². The number of amides is 1. The number of fused-ring (bicyclic) bond motifs is 1. The van der Waals surface area contributed by atoms with Crippen LogP contribution in [0.15, 0.2) is 23.1 Å². The number of benzene rings is 1. The second-order valence-electron chi connectivity index (χ2n) is 3.74. The smallest absolute Gasteiger partial charge is 0.422 e. The van der Waals surface area contributed by atoms with Gasteiger partial charge in [0.2, 0.25) is 5.91 Å². The molecule has 0 aromatic heterocycles. The lowest BCUT2D eigenvalue weighted by atomic mass is 10.2. The first-order chi connectivity index (χ1) is 8.85. The molecule has 0 saturated heterocycles. The molecule has 0 bridgehead atoms. The molecule has 0 fully saturated rings. The minimum Gasteiger partial charge on any atom is -0.452 e. The number of esters is 1. The number of hydrogen-bond donors (Lipinski definition) is 1. The van der Waals surface area contributed by atoms with E-state index in [4.69, 9.17) is 0 Å². The number of rotatable bonds is 2. The number of carbonyl (C=O) groups excluding carboxylic acids is 2. The lowest BCUT2D eigenvalue weighted by Crippen LogP contribution is -2.21. The van der Waals surface area contributed by atoms with Gasteiger partial charge >= 0.3 is 12.1 Å². The number of halogens is 3. The summed E-state index contributed by atoms with van der Waals surface area (Å²) in [5.41, 5.74) is 0.369. The van der Waals surface area contributed by atoms with Crippen molar-refractivity contribution in [1.29, 1.82) is 0 Å². The predicted octanol–water partition coefficient (Wildman–Crippen LogP) is 2.45. The van der Waals surface area contributed by atoms with Gasteiger partial charge in [0, 0.05) is 4.90 Å². The maximum Gasteiger partial charge on any atom is 0.422 e. The van der Waals surface area contributed by atoms with Crippen molar-refractivity contribution in [3.05, 3.63) is 23.8 Å². The molecule has 102 valence electrons. The van der Waals surface area contributed by atoms with E-state index in [1.165, 1.54) is 23.9 Å². The predicted molar refractivity (Wildman–Crippen MR) is 62.1 cm³/mol. The average Bonchev–Trinajstić information content (AvgIpc) is 2.34. The van der Waals surface area contributed by atoms with Gasteiger partial charge in [-0.3, -0.25) is 4.79 Å². The van der Waals surface area contributed by atoms with Gasteiger partial charge in [0.05, 0.1) is 17.0 Å². The van der Waals surface area contributed by atoms with Crippen LogP contribution >= 0.6 is 11.8 Å². The fraction of sp³-hybridized carbons (Fsp3) is 0.273. The molecule has 0 atom stereocenters. The van der Waals surface area contributed by atoms with Crippen LogP contribution in [0.1, 0.15) is 10.4 Å². The molecule has 2 rings (SSSR count). The number of anilines is 1. The van der Waals surface area contributed by atoms with Crippen LogP contribution in [-0.2, 0) is 9.53 Å². The standard InChI is InChI=1S/C11H8F3NO3S/c12-11(13,14)5-18-10(17)6-1-2-8-7(3-6)15-9(16)4-19-8/h1-3H,4-5H2,(H,15,16). The van der Waals surface area contributed by atoms with Gasteiger partial charge in [-0.15, -0.1) is 11.8 Å². The molecule has 0 saturated carbocycles. The molecule has 4 nitrogen and oxygen atoms in total. The molecule has 0 aliphatic carbocycles. The molecule has 1 aliphatic rings. The Hall–Kier alpha value is -1.70. The molecular weight excluding hydrogens is 283 g/mol. The molecular formula is C11H8F3NO3S. The SMILES string of the molecule is O=C1CSc2ccc(C(=O)OCC(F)(F)F)cc2N1. The molecule has 0 unspecified atom stereocenters. The van der Waals surface area contributed by atoms with Crippen LogP contribution in [0.3, 0.4) is 0 Å². The van der Waals surface area contributed by atoms with Gasteiger partial charge in [-0.2, -0.15) is 13.2 Å². The number of carbonyl (C=O) groups is 2. The number of thioether (sulfide) groups is 1. The summed E-state index contributed by atoms with van der Waals surface area (Å²) in [6, 6.07) is 4.23. The second kappa shape index (κ2) is 5.12. The third kappa shape index (κ3) is 3.63. The van der Waals surface area contributed by atoms with Crippen LogP contribution in [0.4, 0.5) is 18.9 Å². The molecule has 19 heavy (non-hydrogen) atoms. The first-order valence-corrected chi connectivity index (χ1v) is 6.14. The van der Waals surface area contributed by atoms with Gasteiger partial charge in [0.25, 0.3) is 0 Å². The maximum absolute atomic E-state index is 11.9. The highest BCUT2D eigenvalue weighted by molar-refractivity contribution is 8.00. The highest BCUT2D eigenvalue weighted by Gasteiger charge is 2.30. The van der Waals surface area contributed by atoms with Crippen molar-refractivity contribution < 1.29 is 27.5 Å². The summed E-state index contributed by atoms with van der Waals surface area (Å²) in [4.78, 5) is 23.3. The van der Waals surface area contributed by atoms with E-state index in [0.29, 0.717) is 5.69 Å². The van der Waals surface area contributed by atoms with E-state index in [9.17, 15) is 22.8 Å². The lowest BCUT2D eigenvalue weighted by molar-refractivity contribution is -0.161. The highest BCUT2D eigenvalue weighted by Crippen LogP contribution is 2.32. The zero-order valence-electron chi connectivity index (χ0n) is 9.41. The normalized spacial score (nSPS) is 14.6. The Morgan fingerprint density at radius 3 is 2.84 bits per heavy atom. The Balaban J connectivity index is 2.11. The van der Waals surface area contributed by atoms with Crippen LogP contribution in [0.25, 0.3) is 0 Å². The third-order valence-electron chi connectivity index (χ3n) is 2.22. The van der Waals surface area contributed by atoms with Gasteiger partial charge in [0.15, 0.2) is 6.61 Å². The molecule has 1 N–H and O–H groups in total. The topological polar surface area (TPSA) is 55.4 Å². The number of ether oxygens (including phenoxy) is 1. The Morgan fingerprint density at radius 2 is 2.16 bits per heavy atom. The summed E-state index contributed by atoms with van der Waals surface area (Å²) in [5.74, 6) is -1.03. The Kier molecular flexibility index (Phi) is 3.70. The zero-order valence-corrected chi connectivity index (χ0v) is 10.2. The molecule has 1 amide bonds. The summed E-state index contributed by atoms with van der Waals surface area (Å²) >= 11 is 1.29. The van der Waals surface area contributed by atoms with Crippen molar-refractivity contribution >= 4 is 29.3 Å². The van der Waals surface area contributed by atoms with E-state index in [1.807, 2.05) is 0 Å². The van der Waals surface area contributed by atoms with Crippen molar-refractivity contribution in [2.24, 2.45) is 0 Å². The molecule has 1 aromatic rings. The Morgan fingerprint density at radius 1 is 1.42 bits per heavy atom. The summed E-state index contributed by atoms with van der Waals surface area (Å²) in [6.45, 7) is -1.63. The van der Waals surface area contributed by atoms with E-state index < -0.39 is 18.8 Å². The average molecular weight is 291 g/mol. The lowest BCUT2D eigenvalue weighted by Gasteiger charge is -2.16. The minimum atomic E-state index is -4.56. The van der Waals surface area contributed by atoms with Gasteiger partial charge in [-0.1, -0.05) is 0 Å². The highest BCUT2D eigenvalue weighted by atomic mass is 32.2. The number of hydrogen-bond acceptors (Lipinski definition) is 4. The van der Waals surface area contributed by atoms with Crippen molar-refractivity contribution in [3.63, 3.8) is 0 Å². The summed E-state index contributed by atoms with van der Waals surface area (Å²) in [6.07, 6.45) is -4.56. The van der Waals surface area contributed by atoms with E-state index in [0.717, 1.165) is 4.90 Å². The quantitative estimate of drug-likeness (QED) is 0.850. The van der Waals surface area contributed by atoms with Crippen molar-refractivity contribution in [2.45, 2.75) is 11.1 Å². The van der Waals surface area contributed by atoms with Crippen LogP contribution in [0.2, 0.25) is 0 Å². The van der Waals surface area contributed by atoms with Gasteiger partial charge in [0.1, 0.15) is 0 Å². The van der Waals surface area contributed by atoms with Crippen LogP contribution in [0.5, 0.6) is 0 Å². The third-order valence-corrected chi connectivity index (χ3v) is 3.29. The number of alkyl halides is 3. The van der Waals surface area contributed by atoms with Gasteiger partial charge in [-0.05, 0) is 18.2 Å². The number of nitrogens with one attached hydrogen (secondary N) is 1. The van der Waals surface area contributed by atoms with Crippen molar-refractivity contribution in [3.8, 4) is 0 Å². The molecule has 1 aliphatic heterocycles. The fourth-order valence-corrected chi connectivity index (χ4v) is 2.23. The molecule has 0 spiro atoms. The minimum absolute atomic E-state index is 0.0363. The van der Waals surface area contributed by atoms with E-state index in [-0.39, 0.29) is 17.2 Å². The monoisotopic (exact) mass is 291 g/mol. The van der Waals surface area contributed by atoms with Crippen LogP contribution < -0.4 is 5.32 Å².